The van der Waals surface area contributed by atoms with E-state index in [1.54, 1.807) is 31.1 Å². The molecule has 0 bridgehead atoms. The van der Waals surface area contributed by atoms with Crippen molar-refractivity contribution in [3.05, 3.63) is 29.3 Å². The summed E-state index contributed by atoms with van der Waals surface area (Å²) in [6.07, 6.45) is 0.748. The zero-order valence-corrected chi connectivity index (χ0v) is 10.9. The Labute approximate surface area is 106 Å². The summed E-state index contributed by atoms with van der Waals surface area (Å²) in [6, 6.07) is 5.73. The average molecular weight is 247 g/mol. The van der Waals surface area contributed by atoms with Gasteiger partial charge in [-0.1, -0.05) is 12.1 Å². The first kappa shape index (κ1) is 12.6. The van der Waals surface area contributed by atoms with Gasteiger partial charge in [-0.15, -0.1) is 0 Å². The molecule has 1 aliphatic heterocycles. The summed E-state index contributed by atoms with van der Waals surface area (Å²) in [4.78, 5) is 24.8. The number of hydrogen-bond donors (Lipinski definition) is 1. The van der Waals surface area contributed by atoms with E-state index in [-0.39, 0.29) is 11.8 Å². The van der Waals surface area contributed by atoms with Crippen LogP contribution in [-0.2, 0) is 22.4 Å². The number of benzene rings is 1. The molecule has 0 aromatic heterocycles. The Bertz CT molecular complexity index is 497. The molecular weight excluding hydrogens is 230 g/mol. The number of carbonyl (C=O) groups excluding carboxylic acids is 2. The van der Waals surface area contributed by atoms with Crippen molar-refractivity contribution in [2.45, 2.75) is 12.8 Å². The zero-order valence-electron chi connectivity index (χ0n) is 10.9. The fraction of sp³-hybridized carbons (Fsp3) is 0.385. The van der Waals surface area contributed by atoms with Crippen molar-refractivity contribution in [1.29, 1.82) is 0 Å². The maximum Gasteiger partial charge on any atom is 0.238 e. The van der Waals surface area contributed by atoms with Gasteiger partial charge in [-0.3, -0.25) is 15.0 Å². The molecule has 0 spiro atoms. The highest BCUT2D eigenvalue weighted by atomic mass is 16.2. The second kappa shape index (κ2) is 4.78. The van der Waals surface area contributed by atoms with E-state index < -0.39 is 0 Å². The molecule has 2 amide bonds. The maximum atomic E-state index is 11.6. The third-order valence-corrected chi connectivity index (χ3v) is 2.93. The van der Waals surface area contributed by atoms with E-state index in [1.165, 1.54) is 0 Å². The van der Waals surface area contributed by atoms with Crippen molar-refractivity contribution in [3.8, 4) is 0 Å². The summed E-state index contributed by atoms with van der Waals surface area (Å²) >= 11 is 0. The maximum absolute atomic E-state index is 11.6. The molecule has 0 aliphatic carbocycles. The Morgan fingerprint density at radius 2 is 2.17 bits per heavy atom. The monoisotopic (exact) mass is 247 g/mol. The minimum Gasteiger partial charge on any atom is -0.315 e. The average Bonchev–Trinajstić information content (AvgIpc) is 2.53. The van der Waals surface area contributed by atoms with E-state index >= 15 is 0 Å². The van der Waals surface area contributed by atoms with Crippen LogP contribution in [0.5, 0.6) is 0 Å². The van der Waals surface area contributed by atoms with E-state index in [0.29, 0.717) is 12.8 Å². The van der Waals surface area contributed by atoms with E-state index in [1.807, 2.05) is 18.2 Å². The lowest BCUT2D eigenvalue weighted by Gasteiger charge is -2.13. The second-order valence-corrected chi connectivity index (χ2v) is 4.70. The summed E-state index contributed by atoms with van der Waals surface area (Å²) < 4.78 is 0. The highest BCUT2D eigenvalue weighted by Gasteiger charge is 2.23. The molecule has 0 atom stereocenters. The molecule has 0 saturated carbocycles. The molecule has 5 heteroatoms. The van der Waals surface area contributed by atoms with Crippen LogP contribution in [0.15, 0.2) is 18.2 Å². The Morgan fingerprint density at radius 3 is 2.83 bits per heavy atom. The molecule has 1 N–H and O–H groups in total. The van der Waals surface area contributed by atoms with E-state index in [9.17, 15) is 9.59 Å². The number of fused-ring (bicyclic) bond motifs is 1. The van der Waals surface area contributed by atoms with Crippen LogP contribution in [0.2, 0.25) is 0 Å². The molecule has 5 nitrogen and oxygen atoms in total. The Balaban J connectivity index is 2.11. The first-order valence-corrected chi connectivity index (χ1v) is 5.82. The van der Waals surface area contributed by atoms with E-state index in [0.717, 1.165) is 16.8 Å². The smallest absolute Gasteiger partial charge is 0.238 e. The Hall–Kier alpha value is -1.88. The lowest BCUT2D eigenvalue weighted by Crippen LogP contribution is -2.37. The lowest BCUT2D eigenvalue weighted by molar-refractivity contribution is -0.124. The van der Waals surface area contributed by atoms with Crippen molar-refractivity contribution >= 4 is 17.5 Å². The number of anilines is 1. The van der Waals surface area contributed by atoms with Crippen LogP contribution in [-0.4, -0.2) is 38.0 Å². The summed E-state index contributed by atoms with van der Waals surface area (Å²) in [7, 11) is 5.31. The largest absolute Gasteiger partial charge is 0.315 e. The minimum absolute atomic E-state index is 0.0578. The normalized spacial score (nSPS) is 14.0. The summed E-state index contributed by atoms with van der Waals surface area (Å²) in [5.41, 5.74) is 5.56. The fourth-order valence-electron chi connectivity index (χ4n) is 2.11. The van der Waals surface area contributed by atoms with Gasteiger partial charge in [0.15, 0.2) is 0 Å². The molecule has 1 heterocycles. The molecule has 2 rings (SSSR count). The van der Waals surface area contributed by atoms with Gasteiger partial charge < -0.3 is 4.90 Å². The molecule has 1 aliphatic rings. The van der Waals surface area contributed by atoms with E-state index in [2.05, 4.69) is 5.43 Å². The number of hydrazine groups is 1. The highest BCUT2D eigenvalue weighted by molar-refractivity contribution is 6.01. The number of nitrogens with zero attached hydrogens (tertiary/aromatic N) is 2. The number of amides is 2. The predicted octanol–water partition coefficient (Wildman–Crippen LogP) is 0.341. The first-order valence-electron chi connectivity index (χ1n) is 5.82. The number of hydrogen-bond acceptors (Lipinski definition) is 3. The van der Waals surface area contributed by atoms with Crippen LogP contribution in [0.1, 0.15) is 11.1 Å². The Morgan fingerprint density at radius 1 is 1.44 bits per heavy atom. The number of rotatable bonds is 3. The molecule has 1 aromatic rings. The van der Waals surface area contributed by atoms with Crippen molar-refractivity contribution < 1.29 is 9.59 Å². The van der Waals surface area contributed by atoms with Gasteiger partial charge in [0.25, 0.3) is 0 Å². The van der Waals surface area contributed by atoms with Gasteiger partial charge in [0, 0.05) is 26.8 Å². The van der Waals surface area contributed by atoms with E-state index in [4.69, 9.17) is 0 Å². The predicted molar refractivity (Wildman–Crippen MR) is 69.1 cm³/mol. The van der Waals surface area contributed by atoms with Crippen LogP contribution >= 0.6 is 0 Å². The summed E-state index contributed by atoms with van der Waals surface area (Å²) in [6.45, 7) is 0. The molecule has 0 radical (unpaired) electrons. The third kappa shape index (κ3) is 2.51. The van der Waals surface area contributed by atoms with Gasteiger partial charge in [0.2, 0.25) is 11.8 Å². The van der Waals surface area contributed by atoms with Crippen molar-refractivity contribution in [3.63, 3.8) is 0 Å². The summed E-state index contributed by atoms with van der Waals surface area (Å²) in [5.74, 6) is 0.0394. The quantitative estimate of drug-likeness (QED) is 0.784. The van der Waals surface area contributed by atoms with Crippen molar-refractivity contribution in [1.82, 2.24) is 10.4 Å². The SMILES string of the molecule is CN(C)NC(=O)Cc1ccc2c(c1)CC(=O)N2C. The highest BCUT2D eigenvalue weighted by Crippen LogP contribution is 2.28. The van der Waals surface area contributed by atoms with Crippen LogP contribution < -0.4 is 10.3 Å². The second-order valence-electron chi connectivity index (χ2n) is 4.70. The van der Waals surface area contributed by atoms with Gasteiger partial charge in [-0.05, 0) is 17.2 Å². The topological polar surface area (TPSA) is 52.7 Å². The summed E-state index contributed by atoms with van der Waals surface area (Å²) in [5, 5.41) is 1.62. The molecular formula is C13H17N3O2. The fourth-order valence-corrected chi connectivity index (χ4v) is 2.11. The van der Waals surface area contributed by atoms with Gasteiger partial charge in [-0.25, -0.2) is 5.01 Å². The Kier molecular flexibility index (Phi) is 3.34. The molecule has 0 saturated heterocycles. The molecule has 1 aromatic carbocycles. The van der Waals surface area contributed by atoms with Gasteiger partial charge in [0.05, 0.1) is 12.8 Å². The first-order chi connectivity index (χ1) is 8.47. The molecule has 96 valence electrons. The van der Waals surface area contributed by atoms with Gasteiger partial charge in [0.1, 0.15) is 0 Å². The van der Waals surface area contributed by atoms with Crippen molar-refractivity contribution in [2.24, 2.45) is 0 Å². The standard InChI is InChI=1S/C13H17N3O2/c1-15(2)14-12(17)7-9-4-5-11-10(6-9)8-13(18)16(11)3/h4-6H,7-8H2,1-3H3,(H,14,17). The van der Waals surface area contributed by atoms with Gasteiger partial charge >= 0.3 is 0 Å². The zero-order chi connectivity index (χ0) is 13.3. The van der Waals surface area contributed by atoms with Crippen LogP contribution in [0.3, 0.4) is 0 Å². The number of carbonyl (C=O) groups is 2. The van der Waals surface area contributed by atoms with Crippen LogP contribution in [0.4, 0.5) is 5.69 Å². The molecule has 0 fully saturated rings. The third-order valence-electron chi connectivity index (χ3n) is 2.93. The molecule has 18 heavy (non-hydrogen) atoms. The minimum atomic E-state index is -0.0578. The van der Waals surface area contributed by atoms with Crippen molar-refractivity contribution in [2.75, 3.05) is 26.0 Å². The number of likely N-dealkylation sites (N-methyl/N-ethyl adjacent to an activating group) is 1. The number of nitrogens with one attached hydrogen (secondary N) is 1. The van der Waals surface area contributed by atoms with Crippen LogP contribution in [0.25, 0.3) is 0 Å². The molecule has 0 unspecified atom stereocenters. The van der Waals surface area contributed by atoms with Gasteiger partial charge in [-0.2, -0.15) is 0 Å². The lowest BCUT2D eigenvalue weighted by atomic mass is 10.1. The van der Waals surface area contributed by atoms with Crippen LogP contribution in [0, 0.1) is 0 Å².